The lowest BCUT2D eigenvalue weighted by Crippen LogP contribution is -2.40. The minimum Gasteiger partial charge on any atom is -0.458 e. The maximum Gasteiger partial charge on any atom is 0.331 e. The van der Waals surface area contributed by atoms with Crippen molar-refractivity contribution in [1.29, 1.82) is 0 Å². The van der Waals surface area contributed by atoms with E-state index in [2.05, 4.69) is 0 Å². The molecular formula is C22H25NO5S. The number of rotatable bonds is 6. The number of carbonyl (C=O) groups is 1. The van der Waals surface area contributed by atoms with E-state index in [4.69, 9.17) is 9.47 Å². The zero-order valence-corrected chi connectivity index (χ0v) is 17.4. The first-order chi connectivity index (χ1) is 13.9. The highest BCUT2D eigenvalue weighted by molar-refractivity contribution is 7.89. The van der Waals surface area contributed by atoms with Crippen molar-refractivity contribution in [3.63, 3.8) is 0 Å². The Kier molecular flexibility index (Phi) is 6.84. The summed E-state index contributed by atoms with van der Waals surface area (Å²) in [5, 5.41) is 0. The Labute approximate surface area is 171 Å². The lowest BCUT2D eigenvalue weighted by molar-refractivity contribution is -0.138. The molecular weight excluding hydrogens is 390 g/mol. The van der Waals surface area contributed by atoms with Crippen LogP contribution in [0.5, 0.6) is 0 Å². The van der Waals surface area contributed by atoms with Crippen LogP contribution < -0.4 is 0 Å². The summed E-state index contributed by atoms with van der Waals surface area (Å²) in [7, 11) is -3.52. The van der Waals surface area contributed by atoms with Crippen molar-refractivity contribution in [1.82, 2.24) is 4.31 Å². The van der Waals surface area contributed by atoms with E-state index in [1.54, 1.807) is 30.3 Å². The van der Waals surface area contributed by atoms with E-state index in [1.807, 2.05) is 32.0 Å². The first-order valence-corrected chi connectivity index (χ1v) is 10.9. The number of benzene rings is 2. The summed E-state index contributed by atoms with van der Waals surface area (Å²) in [5.41, 5.74) is 3.88. The number of morpholine rings is 1. The lowest BCUT2D eigenvalue weighted by Gasteiger charge is -2.26. The van der Waals surface area contributed by atoms with Gasteiger partial charge in [-0.05, 0) is 48.7 Å². The average Bonchev–Trinajstić information content (AvgIpc) is 2.74. The molecule has 0 bridgehead atoms. The Morgan fingerprint density at radius 2 is 1.79 bits per heavy atom. The summed E-state index contributed by atoms with van der Waals surface area (Å²) in [4.78, 5) is 12.2. The predicted molar refractivity (Wildman–Crippen MR) is 111 cm³/mol. The van der Waals surface area contributed by atoms with Gasteiger partial charge in [-0.25, -0.2) is 13.2 Å². The summed E-state index contributed by atoms with van der Waals surface area (Å²) >= 11 is 0. The molecule has 2 aromatic rings. The Hall–Kier alpha value is -2.48. The molecule has 0 saturated carbocycles. The van der Waals surface area contributed by atoms with Crippen molar-refractivity contribution in [3.05, 3.63) is 70.8 Å². The van der Waals surface area contributed by atoms with E-state index in [-0.39, 0.29) is 11.5 Å². The normalized spacial score (nSPS) is 15.5. The van der Waals surface area contributed by atoms with Crippen molar-refractivity contribution in [2.45, 2.75) is 25.3 Å². The fraction of sp³-hybridized carbons (Fsp3) is 0.318. The summed E-state index contributed by atoms with van der Waals surface area (Å²) in [6.07, 6.45) is 2.95. The fourth-order valence-corrected chi connectivity index (χ4v) is 4.41. The van der Waals surface area contributed by atoms with Gasteiger partial charge in [0.15, 0.2) is 0 Å². The third kappa shape index (κ3) is 5.53. The second kappa shape index (κ2) is 9.35. The van der Waals surface area contributed by atoms with Crippen molar-refractivity contribution < 1.29 is 22.7 Å². The standard InChI is InChI=1S/C22H25NO5S/c1-17-3-4-18(2)20(15-17)16-28-22(24)10-7-19-5-8-21(9-6-19)29(25,26)23-11-13-27-14-12-23/h3-10,15H,11-14,16H2,1-2H3/b10-7+. The molecule has 1 heterocycles. The topological polar surface area (TPSA) is 72.9 Å². The third-order valence-electron chi connectivity index (χ3n) is 4.77. The van der Waals surface area contributed by atoms with Gasteiger partial charge in [0.2, 0.25) is 10.0 Å². The minimum atomic E-state index is -3.52. The Morgan fingerprint density at radius 1 is 1.10 bits per heavy atom. The van der Waals surface area contributed by atoms with E-state index in [0.29, 0.717) is 26.3 Å². The SMILES string of the molecule is Cc1ccc(C)c(COC(=O)/C=C/c2ccc(S(=O)(=O)N3CCOCC3)cc2)c1. The van der Waals surface area contributed by atoms with E-state index < -0.39 is 16.0 Å². The number of nitrogens with zero attached hydrogens (tertiary/aromatic N) is 1. The van der Waals surface area contributed by atoms with Crippen LogP contribution in [0.1, 0.15) is 22.3 Å². The molecule has 1 aliphatic heterocycles. The zero-order valence-electron chi connectivity index (χ0n) is 16.6. The molecule has 6 nitrogen and oxygen atoms in total. The molecule has 0 radical (unpaired) electrons. The van der Waals surface area contributed by atoms with E-state index in [0.717, 1.165) is 22.3 Å². The van der Waals surface area contributed by atoms with E-state index >= 15 is 0 Å². The first kappa shape index (κ1) is 21.2. The third-order valence-corrected chi connectivity index (χ3v) is 6.69. The van der Waals surface area contributed by atoms with Gasteiger partial charge in [0.1, 0.15) is 6.61 Å². The number of aryl methyl sites for hydroxylation is 2. The molecule has 0 amide bonds. The van der Waals surface area contributed by atoms with Gasteiger partial charge in [0.25, 0.3) is 0 Å². The number of hydrogen-bond acceptors (Lipinski definition) is 5. The maximum absolute atomic E-state index is 12.6. The van der Waals surface area contributed by atoms with Gasteiger partial charge < -0.3 is 9.47 Å². The lowest BCUT2D eigenvalue weighted by atomic mass is 10.1. The van der Waals surface area contributed by atoms with Crippen LogP contribution in [0.25, 0.3) is 6.08 Å². The highest BCUT2D eigenvalue weighted by Gasteiger charge is 2.25. The second-order valence-electron chi connectivity index (χ2n) is 6.96. The number of carbonyl (C=O) groups excluding carboxylic acids is 1. The van der Waals surface area contributed by atoms with Crippen LogP contribution in [0, 0.1) is 13.8 Å². The zero-order chi connectivity index (χ0) is 20.9. The van der Waals surface area contributed by atoms with Crippen LogP contribution in [0.3, 0.4) is 0 Å². The molecule has 29 heavy (non-hydrogen) atoms. The van der Waals surface area contributed by atoms with Crippen LogP contribution in [-0.2, 0) is 30.9 Å². The van der Waals surface area contributed by atoms with Crippen molar-refractivity contribution in [2.75, 3.05) is 26.3 Å². The molecule has 0 aliphatic carbocycles. The average molecular weight is 416 g/mol. The number of hydrogen-bond donors (Lipinski definition) is 0. The predicted octanol–water partition coefficient (Wildman–Crippen LogP) is 3.08. The van der Waals surface area contributed by atoms with Gasteiger partial charge in [-0.3, -0.25) is 0 Å². The van der Waals surface area contributed by atoms with Crippen molar-refractivity contribution in [3.8, 4) is 0 Å². The van der Waals surface area contributed by atoms with Gasteiger partial charge in [-0.2, -0.15) is 4.31 Å². The number of ether oxygens (including phenoxy) is 2. The van der Waals surface area contributed by atoms with Crippen LogP contribution >= 0.6 is 0 Å². The van der Waals surface area contributed by atoms with Crippen molar-refractivity contribution in [2.24, 2.45) is 0 Å². The monoisotopic (exact) mass is 415 g/mol. The van der Waals surface area contributed by atoms with Gasteiger partial charge in [0, 0.05) is 19.2 Å². The van der Waals surface area contributed by atoms with Crippen LogP contribution in [0.4, 0.5) is 0 Å². The summed E-state index contributed by atoms with van der Waals surface area (Å²) in [5.74, 6) is -0.448. The molecule has 1 aliphatic rings. The van der Waals surface area contributed by atoms with Gasteiger partial charge in [0.05, 0.1) is 18.1 Å². The number of sulfonamides is 1. The van der Waals surface area contributed by atoms with Gasteiger partial charge >= 0.3 is 5.97 Å². The molecule has 1 saturated heterocycles. The number of esters is 1. The Morgan fingerprint density at radius 3 is 2.48 bits per heavy atom. The van der Waals surface area contributed by atoms with Crippen molar-refractivity contribution >= 4 is 22.1 Å². The summed E-state index contributed by atoms with van der Waals surface area (Å²) in [6, 6.07) is 12.5. The Bertz CT molecular complexity index is 990. The van der Waals surface area contributed by atoms with Gasteiger partial charge in [-0.1, -0.05) is 35.9 Å². The minimum absolute atomic E-state index is 0.216. The molecule has 0 unspecified atom stereocenters. The molecule has 1 fully saturated rings. The second-order valence-corrected chi connectivity index (χ2v) is 8.89. The molecule has 0 spiro atoms. The van der Waals surface area contributed by atoms with Crippen LogP contribution in [0.2, 0.25) is 0 Å². The largest absolute Gasteiger partial charge is 0.458 e. The van der Waals surface area contributed by atoms with Gasteiger partial charge in [-0.15, -0.1) is 0 Å². The summed E-state index contributed by atoms with van der Waals surface area (Å²) in [6.45, 7) is 5.72. The summed E-state index contributed by atoms with van der Waals surface area (Å²) < 4.78 is 37.2. The highest BCUT2D eigenvalue weighted by atomic mass is 32.2. The van der Waals surface area contributed by atoms with Crippen LogP contribution in [-0.4, -0.2) is 45.0 Å². The molecule has 3 rings (SSSR count). The molecule has 7 heteroatoms. The molecule has 2 aromatic carbocycles. The maximum atomic E-state index is 12.6. The molecule has 154 valence electrons. The first-order valence-electron chi connectivity index (χ1n) is 9.45. The molecule has 0 N–H and O–H groups in total. The highest BCUT2D eigenvalue weighted by Crippen LogP contribution is 2.18. The quantitative estimate of drug-likeness (QED) is 0.536. The smallest absolute Gasteiger partial charge is 0.331 e. The molecule has 0 aromatic heterocycles. The van der Waals surface area contributed by atoms with Crippen LogP contribution in [0.15, 0.2) is 53.4 Å². The van der Waals surface area contributed by atoms with E-state index in [9.17, 15) is 13.2 Å². The fourth-order valence-electron chi connectivity index (χ4n) is 3.00. The Balaban J connectivity index is 1.59. The molecule has 0 atom stereocenters. The van der Waals surface area contributed by atoms with E-state index in [1.165, 1.54) is 10.4 Å².